The standard InChI is InChI=1S/C27H24N2O5S/c1-15-23(26(31)33-4)24(17-9-11-20(32-3)12-10-17)29-25(30)22(35-27(29)28-15)14-19-13-18-7-5-6-8-21(18)34-16(19)2/h5-14,16,24H,1-4H3/b22-14-. The molecule has 35 heavy (non-hydrogen) atoms. The van der Waals surface area contributed by atoms with Crippen LogP contribution in [0.1, 0.15) is 31.0 Å². The summed E-state index contributed by atoms with van der Waals surface area (Å²) in [5.74, 6) is 0.978. The van der Waals surface area contributed by atoms with Crippen LogP contribution in [0, 0.1) is 0 Å². The molecule has 3 heterocycles. The van der Waals surface area contributed by atoms with E-state index in [1.165, 1.54) is 18.4 Å². The van der Waals surface area contributed by atoms with Gasteiger partial charge in [-0.1, -0.05) is 41.7 Å². The summed E-state index contributed by atoms with van der Waals surface area (Å²) in [6.07, 6.45) is 3.67. The Morgan fingerprint density at radius 1 is 1.14 bits per heavy atom. The number of benzene rings is 2. The molecular formula is C27H24N2O5S. The monoisotopic (exact) mass is 488 g/mol. The first kappa shape index (κ1) is 22.9. The molecule has 0 saturated heterocycles. The Balaban J connectivity index is 1.69. The van der Waals surface area contributed by atoms with Gasteiger partial charge in [-0.2, -0.15) is 0 Å². The van der Waals surface area contributed by atoms with Gasteiger partial charge in [-0.3, -0.25) is 9.36 Å². The lowest BCUT2D eigenvalue weighted by Gasteiger charge is -2.24. The third-order valence-electron chi connectivity index (χ3n) is 6.17. The third-order valence-corrected chi connectivity index (χ3v) is 7.15. The van der Waals surface area contributed by atoms with Crippen LogP contribution in [-0.4, -0.2) is 30.9 Å². The largest absolute Gasteiger partial charge is 0.497 e. The number of aromatic nitrogens is 1. The van der Waals surface area contributed by atoms with Gasteiger partial charge in [-0.05, 0) is 55.3 Å². The molecule has 0 saturated carbocycles. The van der Waals surface area contributed by atoms with Crippen molar-refractivity contribution in [1.82, 2.24) is 4.57 Å². The number of nitrogens with zero attached hydrogens (tertiary/aromatic N) is 2. The maximum Gasteiger partial charge on any atom is 0.338 e. The van der Waals surface area contributed by atoms with Gasteiger partial charge in [0.15, 0.2) is 4.80 Å². The minimum Gasteiger partial charge on any atom is -0.497 e. The molecule has 178 valence electrons. The van der Waals surface area contributed by atoms with Gasteiger partial charge in [0.05, 0.1) is 36.1 Å². The SMILES string of the molecule is COC(=O)C1=C(C)N=c2s/c(=C\C3=Cc4ccccc4OC3C)c(=O)n2C1c1ccc(OC)cc1. The van der Waals surface area contributed by atoms with Crippen molar-refractivity contribution < 1.29 is 19.0 Å². The van der Waals surface area contributed by atoms with E-state index in [9.17, 15) is 9.59 Å². The van der Waals surface area contributed by atoms with Crippen LogP contribution in [0.15, 0.2) is 75.2 Å². The molecule has 0 spiro atoms. The summed E-state index contributed by atoms with van der Waals surface area (Å²) in [6.45, 7) is 3.71. The highest BCUT2D eigenvalue weighted by Crippen LogP contribution is 2.32. The van der Waals surface area contributed by atoms with Gasteiger partial charge in [-0.25, -0.2) is 9.79 Å². The number of carbonyl (C=O) groups is 1. The summed E-state index contributed by atoms with van der Waals surface area (Å²) in [7, 11) is 2.92. The van der Waals surface area contributed by atoms with Crippen LogP contribution in [-0.2, 0) is 9.53 Å². The van der Waals surface area contributed by atoms with Crippen molar-refractivity contribution in [2.75, 3.05) is 14.2 Å². The maximum absolute atomic E-state index is 13.7. The third kappa shape index (κ3) is 4.00. The van der Waals surface area contributed by atoms with Crippen LogP contribution in [0.2, 0.25) is 0 Å². The summed E-state index contributed by atoms with van der Waals surface area (Å²) in [6, 6.07) is 14.4. The molecule has 8 heteroatoms. The molecule has 2 aliphatic rings. The molecule has 0 bridgehead atoms. The van der Waals surface area contributed by atoms with E-state index in [4.69, 9.17) is 14.2 Å². The molecule has 0 N–H and O–H groups in total. The number of carbonyl (C=O) groups excluding carboxylic acids is 1. The Morgan fingerprint density at radius 2 is 1.89 bits per heavy atom. The summed E-state index contributed by atoms with van der Waals surface area (Å²) < 4.78 is 18.5. The molecular weight excluding hydrogens is 464 g/mol. The number of hydrogen-bond acceptors (Lipinski definition) is 7. The van der Waals surface area contributed by atoms with Crippen LogP contribution in [0.4, 0.5) is 0 Å². The molecule has 3 aromatic rings. The lowest BCUT2D eigenvalue weighted by atomic mass is 9.96. The lowest BCUT2D eigenvalue weighted by molar-refractivity contribution is -0.136. The average Bonchev–Trinajstić information content (AvgIpc) is 3.17. The van der Waals surface area contributed by atoms with E-state index in [1.54, 1.807) is 30.7 Å². The zero-order valence-electron chi connectivity index (χ0n) is 19.8. The average molecular weight is 489 g/mol. The highest BCUT2D eigenvalue weighted by Gasteiger charge is 2.33. The zero-order chi connectivity index (χ0) is 24.7. The number of rotatable bonds is 4. The van der Waals surface area contributed by atoms with Crippen molar-refractivity contribution in [3.63, 3.8) is 0 Å². The fourth-order valence-electron chi connectivity index (χ4n) is 4.37. The van der Waals surface area contributed by atoms with Gasteiger partial charge in [0.2, 0.25) is 0 Å². The first-order valence-corrected chi connectivity index (χ1v) is 11.9. The van der Waals surface area contributed by atoms with Crippen LogP contribution in [0.3, 0.4) is 0 Å². The summed E-state index contributed by atoms with van der Waals surface area (Å²) in [5, 5.41) is 0. The first-order valence-electron chi connectivity index (χ1n) is 11.1. The quantitative estimate of drug-likeness (QED) is 0.527. The Hall–Kier alpha value is -3.91. The summed E-state index contributed by atoms with van der Waals surface area (Å²) in [5.41, 5.74) is 3.24. The van der Waals surface area contributed by atoms with Crippen molar-refractivity contribution in [3.05, 3.63) is 96.2 Å². The van der Waals surface area contributed by atoms with E-state index in [0.29, 0.717) is 26.4 Å². The van der Waals surface area contributed by atoms with E-state index < -0.39 is 12.0 Å². The molecule has 0 aliphatic carbocycles. The van der Waals surface area contributed by atoms with Crippen LogP contribution in [0.25, 0.3) is 12.2 Å². The van der Waals surface area contributed by atoms with Crippen molar-refractivity contribution in [1.29, 1.82) is 0 Å². The molecule has 1 aromatic heterocycles. The van der Waals surface area contributed by atoms with Crippen LogP contribution in [0.5, 0.6) is 11.5 Å². The first-order chi connectivity index (χ1) is 16.9. The van der Waals surface area contributed by atoms with Gasteiger partial charge in [0.1, 0.15) is 17.6 Å². The fraction of sp³-hybridized carbons (Fsp3) is 0.222. The van der Waals surface area contributed by atoms with E-state index in [2.05, 4.69) is 4.99 Å². The van der Waals surface area contributed by atoms with Crippen molar-refractivity contribution in [2.24, 2.45) is 4.99 Å². The number of thiazole rings is 1. The van der Waals surface area contributed by atoms with Gasteiger partial charge >= 0.3 is 5.97 Å². The van der Waals surface area contributed by atoms with E-state index in [0.717, 1.165) is 22.4 Å². The van der Waals surface area contributed by atoms with E-state index in [-0.39, 0.29) is 11.7 Å². The molecule has 2 aliphatic heterocycles. The molecule has 0 fully saturated rings. The highest BCUT2D eigenvalue weighted by atomic mass is 32.1. The molecule has 7 nitrogen and oxygen atoms in total. The number of allylic oxidation sites excluding steroid dienone is 1. The summed E-state index contributed by atoms with van der Waals surface area (Å²) in [4.78, 5) is 31.6. The van der Waals surface area contributed by atoms with Gasteiger partial charge < -0.3 is 14.2 Å². The number of fused-ring (bicyclic) bond motifs is 2. The topological polar surface area (TPSA) is 79.1 Å². The zero-order valence-corrected chi connectivity index (χ0v) is 20.6. The van der Waals surface area contributed by atoms with Crippen LogP contribution < -0.4 is 24.4 Å². The normalized spacial score (nSPS) is 19.2. The van der Waals surface area contributed by atoms with Crippen molar-refractivity contribution >= 4 is 29.5 Å². The Bertz CT molecular complexity index is 1560. The molecule has 2 unspecified atom stereocenters. The van der Waals surface area contributed by atoms with Gasteiger partial charge in [0.25, 0.3) is 5.56 Å². The van der Waals surface area contributed by atoms with Gasteiger partial charge in [-0.15, -0.1) is 0 Å². The molecule has 2 atom stereocenters. The Morgan fingerprint density at radius 3 is 2.60 bits per heavy atom. The number of methoxy groups -OCH3 is 2. The second-order valence-corrected chi connectivity index (χ2v) is 9.30. The van der Waals surface area contributed by atoms with E-state index >= 15 is 0 Å². The molecule has 0 radical (unpaired) electrons. The van der Waals surface area contributed by atoms with Crippen molar-refractivity contribution in [2.45, 2.75) is 26.0 Å². The molecule has 0 amide bonds. The number of para-hydroxylation sites is 1. The molecule has 2 aromatic carbocycles. The minimum atomic E-state index is -0.665. The second-order valence-electron chi connectivity index (χ2n) is 8.29. The second kappa shape index (κ2) is 9.03. The number of ether oxygens (including phenoxy) is 3. The molecule has 5 rings (SSSR count). The van der Waals surface area contributed by atoms with Crippen molar-refractivity contribution in [3.8, 4) is 11.5 Å². The predicted octanol–water partition coefficient (Wildman–Crippen LogP) is 3.23. The Labute approximate surface area is 205 Å². The fourth-order valence-corrected chi connectivity index (χ4v) is 5.41. The number of hydrogen-bond donors (Lipinski definition) is 0. The Kier molecular flexibility index (Phi) is 5.90. The predicted molar refractivity (Wildman–Crippen MR) is 134 cm³/mol. The maximum atomic E-state index is 13.7. The lowest BCUT2D eigenvalue weighted by Crippen LogP contribution is -2.40. The smallest absolute Gasteiger partial charge is 0.338 e. The van der Waals surface area contributed by atoms with E-state index in [1.807, 2.05) is 55.5 Å². The minimum absolute atomic E-state index is 0.215. The van der Waals surface area contributed by atoms with Crippen LogP contribution >= 0.6 is 11.3 Å². The highest BCUT2D eigenvalue weighted by molar-refractivity contribution is 7.07. The van der Waals surface area contributed by atoms with Gasteiger partial charge in [0, 0.05) is 5.56 Å². The summed E-state index contributed by atoms with van der Waals surface area (Å²) >= 11 is 1.29. The number of esters is 1.